The van der Waals surface area contributed by atoms with Gasteiger partial charge in [-0.2, -0.15) is 8.42 Å². The Morgan fingerprint density at radius 2 is 1.75 bits per heavy atom. The van der Waals surface area contributed by atoms with Gasteiger partial charge in [-0.1, -0.05) is 35.6 Å². The Morgan fingerprint density at radius 3 is 2.46 bits per heavy atom. The lowest BCUT2D eigenvalue weighted by atomic mass is 10.2. The number of anilines is 2. The standard InChI is InChI=1S/C14H11N5O3S2/c20-12(10-6-2-1-3-7-10)16-13-17-18-14(23-13)24(21,22)19-11-8-4-5-9-15-11/h1-9H,(H,15,19)(H,16,17,20). The topological polar surface area (TPSA) is 114 Å². The molecule has 1 aromatic carbocycles. The summed E-state index contributed by atoms with van der Waals surface area (Å²) in [7, 11) is -3.91. The summed E-state index contributed by atoms with van der Waals surface area (Å²) in [5.74, 6) is -0.226. The van der Waals surface area contributed by atoms with E-state index in [-0.39, 0.29) is 15.3 Å². The first kappa shape index (κ1) is 16.0. The second kappa shape index (κ2) is 6.72. The number of nitrogens with one attached hydrogen (secondary N) is 2. The minimum absolute atomic E-state index is 0.0882. The van der Waals surface area contributed by atoms with Crippen LogP contribution in [0.25, 0.3) is 0 Å². The lowest BCUT2D eigenvalue weighted by Crippen LogP contribution is -2.13. The molecule has 0 bridgehead atoms. The van der Waals surface area contributed by atoms with Crippen LogP contribution in [0.2, 0.25) is 0 Å². The predicted octanol–water partition coefficient (Wildman–Crippen LogP) is 1.99. The maximum Gasteiger partial charge on any atom is 0.292 e. The van der Waals surface area contributed by atoms with Crippen molar-refractivity contribution in [2.45, 2.75) is 4.34 Å². The Bertz CT molecular complexity index is 943. The number of aromatic nitrogens is 3. The van der Waals surface area contributed by atoms with Gasteiger partial charge in [0.25, 0.3) is 20.3 Å². The van der Waals surface area contributed by atoms with Gasteiger partial charge in [0.05, 0.1) is 0 Å². The number of pyridine rings is 1. The molecule has 1 amide bonds. The zero-order chi connectivity index (χ0) is 17.0. The highest BCUT2D eigenvalue weighted by molar-refractivity contribution is 7.94. The molecule has 0 spiro atoms. The molecule has 24 heavy (non-hydrogen) atoms. The maximum atomic E-state index is 12.2. The van der Waals surface area contributed by atoms with Gasteiger partial charge in [-0.3, -0.25) is 14.8 Å². The van der Waals surface area contributed by atoms with Crippen LogP contribution in [0, 0.1) is 0 Å². The highest BCUT2D eigenvalue weighted by Crippen LogP contribution is 2.22. The molecule has 8 nitrogen and oxygen atoms in total. The Hall–Kier alpha value is -2.85. The first-order valence-corrected chi connectivity index (χ1v) is 8.98. The van der Waals surface area contributed by atoms with Crippen LogP contribution >= 0.6 is 11.3 Å². The molecular weight excluding hydrogens is 350 g/mol. The number of carbonyl (C=O) groups excluding carboxylic acids is 1. The zero-order valence-electron chi connectivity index (χ0n) is 12.1. The van der Waals surface area contributed by atoms with Crippen LogP contribution < -0.4 is 10.0 Å². The molecule has 2 heterocycles. The summed E-state index contributed by atoms with van der Waals surface area (Å²) < 4.78 is 26.5. The van der Waals surface area contributed by atoms with Crippen molar-refractivity contribution in [2.24, 2.45) is 0 Å². The van der Waals surface area contributed by atoms with Crippen molar-refractivity contribution in [2.75, 3.05) is 10.0 Å². The van der Waals surface area contributed by atoms with Crippen molar-refractivity contribution in [3.8, 4) is 0 Å². The summed E-state index contributed by atoms with van der Waals surface area (Å²) >= 11 is 0.750. The minimum atomic E-state index is -3.91. The van der Waals surface area contributed by atoms with Gasteiger partial charge in [-0.25, -0.2) is 4.98 Å². The number of sulfonamides is 1. The van der Waals surface area contributed by atoms with Crippen molar-refractivity contribution in [3.63, 3.8) is 0 Å². The number of hydrogen-bond acceptors (Lipinski definition) is 7. The van der Waals surface area contributed by atoms with Gasteiger partial charge in [0.2, 0.25) is 5.13 Å². The monoisotopic (exact) mass is 361 g/mol. The summed E-state index contributed by atoms with van der Waals surface area (Å²) in [6, 6.07) is 13.3. The molecule has 0 fully saturated rings. The summed E-state index contributed by atoms with van der Waals surface area (Å²) in [6.07, 6.45) is 1.46. The Balaban J connectivity index is 1.74. The molecule has 0 unspecified atom stereocenters. The molecule has 2 aromatic heterocycles. The van der Waals surface area contributed by atoms with Crippen molar-refractivity contribution >= 4 is 38.2 Å². The number of benzene rings is 1. The van der Waals surface area contributed by atoms with Crippen molar-refractivity contribution < 1.29 is 13.2 Å². The van der Waals surface area contributed by atoms with E-state index >= 15 is 0 Å². The molecule has 0 aliphatic heterocycles. The second-order valence-electron chi connectivity index (χ2n) is 4.51. The van der Waals surface area contributed by atoms with E-state index in [1.165, 1.54) is 12.3 Å². The van der Waals surface area contributed by atoms with Gasteiger partial charge in [-0.05, 0) is 24.3 Å². The summed E-state index contributed by atoms with van der Waals surface area (Å²) in [6.45, 7) is 0. The molecule has 3 aromatic rings. The summed E-state index contributed by atoms with van der Waals surface area (Å²) in [5.41, 5.74) is 0.434. The van der Waals surface area contributed by atoms with E-state index in [0.717, 1.165) is 11.3 Å². The van der Waals surface area contributed by atoms with Crippen LogP contribution in [0.3, 0.4) is 0 Å². The molecule has 0 aliphatic carbocycles. The quantitative estimate of drug-likeness (QED) is 0.672. The summed E-state index contributed by atoms with van der Waals surface area (Å²) in [4.78, 5) is 15.9. The van der Waals surface area contributed by atoms with E-state index in [4.69, 9.17) is 0 Å². The zero-order valence-corrected chi connectivity index (χ0v) is 13.7. The van der Waals surface area contributed by atoms with E-state index in [9.17, 15) is 13.2 Å². The third kappa shape index (κ3) is 3.73. The largest absolute Gasteiger partial charge is 0.296 e. The van der Waals surface area contributed by atoms with Crippen molar-refractivity contribution in [3.05, 3.63) is 60.3 Å². The highest BCUT2D eigenvalue weighted by atomic mass is 32.2. The number of rotatable bonds is 5. The third-order valence-electron chi connectivity index (χ3n) is 2.80. The van der Waals surface area contributed by atoms with Gasteiger partial charge < -0.3 is 0 Å². The van der Waals surface area contributed by atoms with Crippen LogP contribution in [0.5, 0.6) is 0 Å². The molecule has 122 valence electrons. The van der Waals surface area contributed by atoms with E-state index in [2.05, 4.69) is 25.2 Å². The Labute approximate surface area is 141 Å². The van der Waals surface area contributed by atoms with E-state index < -0.39 is 15.9 Å². The molecule has 3 rings (SSSR count). The van der Waals surface area contributed by atoms with Crippen LogP contribution in [0.15, 0.2) is 59.1 Å². The molecule has 0 saturated carbocycles. The first-order chi connectivity index (χ1) is 11.5. The van der Waals surface area contributed by atoms with Crippen LogP contribution in [-0.4, -0.2) is 29.5 Å². The van der Waals surface area contributed by atoms with Gasteiger partial charge >= 0.3 is 0 Å². The van der Waals surface area contributed by atoms with Gasteiger partial charge in [-0.15, -0.1) is 10.2 Å². The minimum Gasteiger partial charge on any atom is -0.296 e. The number of carbonyl (C=O) groups is 1. The molecule has 0 saturated heterocycles. The fourth-order valence-corrected chi connectivity index (χ4v) is 3.64. The Morgan fingerprint density at radius 1 is 1.00 bits per heavy atom. The van der Waals surface area contributed by atoms with Crippen LogP contribution in [0.4, 0.5) is 10.9 Å². The molecule has 2 N–H and O–H groups in total. The molecule has 0 radical (unpaired) electrons. The molecule has 0 aliphatic rings. The first-order valence-electron chi connectivity index (χ1n) is 6.68. The van der Waals surface area contributed by atoms with Crippen LogP contribution in [-0.2, 0) is 10.0 Å². The second-order valence-corrected chi connectivity index (χ2v) is 7.35. The number of nitrogens with zero attached hydrogens (tertiary/aromatic N) is 3. The smallest absolute Gasteiger partial charge is 0.292 e. The van der Waals surface area contributed by atoms with Crippen molar-refractivity contribution in [1.82, 2.24) is 15.2 Å². The SMILES string of the molecule is O=C(Nc1nnc(S(=O)(=O)Nc2ccccn2)s1)c1ccccc1. The number of hydrogen-bond donors (Lipinski definition) is 2. The Kier molecular flexibility index (Phi) is 4.49. The molecule has 0 atom stereocenters. The van der Waals surface area contributed by atoms with Gasteiger partial charge in [0.15, 0.2) is 0 Å². The summed E-state index contributed by atoms with van der Waals surface area (Å²) in [5, 5.41) is 9.89. The predicted molar refractivity (Wildman–Crippen MR) is 89.3 cm³/mol. The average Bonchev–Trinajstić information content (AvgIpc) is 3.06. The van der Waals surface area contributed by atoms with Crippen LogP contribution in [0.1, 0.15) is 10.4 Å². The van der Waals surface area contributed by atoms with E-state index in [0.29, 0.717) is 5.56 Å². The normalized spacial score (nSPS) is 11.0. The third-order valence-corrected chi connectivity index (χ3v) is 5.36. The lowest BCUT2D eigenvalue weighted by molar-refractivity contribution is 0.102. The van der Waals surface area contributed by atoms with Crippen molar-refractivity contribution in [1.29, 1.82) is 0 Å². The van der Waals surface area contributed by atoms with E-state index in [1.54, 1.807) is 42.5 Å². The van der Waals surface area contributed by atoms with E-state index in [1.807, 2.05) is 0 Å². The molecular formula is C14H11N5O3S2. The average molecular weight is 361 g/mol. The number of amides is 1. The maximum absolute atomic E-state index is 12.2. The van der Waals surface area contributed by atoms with Gasteiger partial charge in [0, 0.05) is 11.8 Å². The fraction of sp³-hybridized carbons (Fsp3) is 0. The fourth-order valence-electron chi connectivity index (χ4n) is 1.73. The molecule has 10 heteroatoms. The van der Waals surface area contributed by atoms with Gasteiger partial charge in [0.1, 0.15) is 5.82 Å². The lowest BCUT2D eigenvalue weighted by Gasteiger charge is -2.02. The highest BCUT2D eigenvalue weighted by Gasteiger charge is 2.21.